The van der Waals surface area contributed by atoms with Gasteiger partial charge in [0, 0.05) is 23.6 Å². The van der Waals surface area contributed by atoms with Gasteiger partial charge in [0.15, 0.2) is 0 Å². The Morgan fingerprint density at radius 1 is 0.812 bits per heavy atom. The van der Waals surface area contributed by atoms with Crippen LogP contribution in [0.1, 0.15) is 13.8 Å². The number of hydrogen-bond acceptors (Lipinski definition) is 9. The highest BCUT2D eigenvalue weighted by molar-refractivity contribution is 6.32. The highest BCUT2D eigenvalue weighted by Crippen LogP contribution is 2.26. The minimum Gasteiger partial charge on any atom is -0.462 e. The summed E-state index contributed by atoms with van der Waals surface area (Å²) >= 11 is 0. The van der Waals surface area contributed by atoms with E-state index in [9.17, 15) is 14.4 Å². The molecule has 0 aliphatic heterocycles. The molecule has 2 aromatic carbocycles. The van der Waals surface area contributed by atoms with E-state index in [1.165, 1.54) is 0 Å². The van der Waals surface area contributed by atoms with Crippen LogP contribution in [0.3, 0.4) is 0 Å². The van der Waals surface area contributed by atoms with Crippen molar-refractivity contribution in [1.29, 1.82) is 0 Å². The highest BCUT2D eigenvalue weighted by Gasteiger charge is 2.12. The van der Waals surface area contributed by atoms with Gasteiger partial charge in [0.25, 0.3) is 0 Å². The van der Waals surface area contributed by atoms with Gasteiger partial charge >= 0.3 is 11.9 Å². The molecule has 9 heteroatoms. The number of carbonyl (C=O) groups is 3. The Labute approximate surface area is 182 Å². The summed E-state index contributed by atoms with van der Waals surface area (Å²) in [6.07, 6.45) is 2.12. The molecule has 3 aromatic rings. The number of Topliss-reactive ketones (excluding diaryl/α,β-unsaturated/α-hetero) is 1. The Morgan fingerprint density at radius 2 is 1.34 bits per heavy atom. The third-order valence-electron chi connectivity index (χ3n) is 3.91. The van der Waals surface area contributed by atoms with Gasteiger partial charge in [0.1, 0.15) is 24.0 Å². The zero-order chi connectivity index (χ0) is 23.1. The van der Waals surface area contributed by atoms with Gasteiger partial charge in [0.2, 0.25) is 17.6 Å². The van der Waals surface area contributed by atoms with E-state index < -0.39 is 17.7 Å². The van der Waals surface area contributed by atoms with Crippen LogP contribution in [-0.2, 0) is 19.1 Å². The minimum atomic E-state index is -0.977. The van der Waals surface area contributed by atoms with E-state index in [-0.39, 0.29) is 0 Å². The summed E-state index contributed by atoms with van der Waals surface area (Å²) in [5, 5.41) is 8.08. The van der Waals surface area contributed by atoms with E-state index in [1.807, 2.05) is 0 Å². The summed E-state index contributed by atoms with van der Waals surface area (Å²) in [5.41, 5.74) is 1.62. The molecule has 162 valence electrons. The van der Waals surface area contributed by atoms with Crippen molar-refractivity contribution in [1.82, 2.24) is 10.2 Å². The van der Waals surface area contributed by atoms with Crippen LogP contribution in [-0.4, -0.2) is 27.9 Å². The normalized spacial score (nSPS) is 10.6. The molecule has 1 heterocycles. The first-order valence-electron chi connectivity index (χ1n) is 9.29. The van der Waals surface area contributed by atoms with Crippen LogP contribution in [0.4, 0.5) is 0 Å². The second-order valence-corrected chi connectivity index (χ2v) is 6.48. The summed E-state index contributed by atoms with van der Waals surface area (Å²) in [5.74, 6) is -0.748. The first kappa shape index (κ1) is 22.2. The number of ketones is 1. The first-order chi connectivity index (χ1) is 15.3. The quantitative estimate of drug-likeness (QED) is 0.171. The average molecular weight is 434 g/mol. The molecule has 0 saturated carbocycles. The van der Waals surface area contributed by atoms with E-state index in [2.05, 4.69) is 21.5 Å². The molecule has 0 fully saturated rings. The van der Waals surface area contributed by atoms with Crippen LogP contribution in [0.5, 0.6) is 11.5 Å². The summed E-state index contributed by atoms with van der Waals surface area (Å²) in [6, 6.07) is 13.4. The number of ether oxygens (including phenoxy) is 3. The lowest BCUT2D eigenvalue weighted by Crippen LogP contribution is -2.10. The largest absolute Gasteiger partial charge is 0.462 e. The van der Waals surface area contributed by atoms with Crippen molar-refractivity contribution in [2.45, 2.75) is 13.8 Å². The van der Waals surface area contributed by atoms with Crippen LogP contribution in [0.2, 0.25) is 0 Å². The van der Waals surface area contributed by atoms with Crippen molar-refractivity contribution in [3.63, 3.8) is 0 Å². The van der Waals surface area contributed by atoms with Crippen LogP contribution in [0.25, 0.3) is 22.9 Å². The molecule has 3 rings (SSSR count). The van der Waals surface area contributed by atoms with Gasteiger partial charge in [-0.05, 0) is 55.5 Å². The van der Waals surface area contributed by atoms with Gasteiger partial charge in [-0.1, -0.05) is 6.58 Å². The highest BCUT2D eigenvalue weighted by atomic mass is 16.5. The second kappa shape index (κ2) is 9.98. The fourth-order valence-electron chi connectivity index (χ4n) is 2.27. The third kappa shape index (κ3) is 5.76. The van der Waals surface area contributed by atoms with Crippen LogP contribution >= 0.6 is 0 Å². The van der Waals surface area contributed by atoms with Gasteiger partial charge in [0.05, 0.1) is 0 Å². The molecule has 0 radical (unpaired) electrons. The van der Waals surface area contributed by atoms with Crippen molar-refractivity contribution >= 4 is 17.7 Å². The van der Waals surface area contributed by atoms with Gasteiger partial charge in [-0.3, -0.25) is 4.79 Å². The number of rotatable bonds is 8. The molecule has 0 bridgehead atoms. The fourth-order valence-corrected chi connectivity index (χ4v) is 2.27. The molecule has 0 spiro atoms. The van der Waals surface area contributed by atoms with Crippen molar-refractivity contribution in [2.75, 3.05) is 0 Å². The van der Waals surface area contributed by atoms with E-state index in [0.29, 0.717) is 40.0 Å². The molecule has 0 N–H and O–H groups in total. The smallest absolute Gasteiger partial charge is 0.379 e. The van der Waals surface area contributed by atoms with E-state index in [1.54, 1.807) is 55.5 Å². The van der Waals surface area contributed by atoms with Gasteiger partial charge < -0.3 is 18.6 Å². The fraction of sp³-hybridized carbons (Fsp3) is 0.0870. The Morgan fingerprint density at radius 3 is 1.84 bits per heavy atom. The maximum absolute atomic E-state index is 11.6. The molecule has 0 atom stereocenters. The molecular formula is C23H18N2O7. The molecule has 0 saturated heterocycles. The second-order valence-electron chi connectivity index (χ2n) is 6.48. The Bertz CT molecular complexity index is 1180. The van der Waals surface area contributed by atoms with Gasteiger partial charge in [-0.15, -0.1) is 10.2 Å². The number of carbonyl (C=O) groups excluding carboxylic acids is 3. The van der Waals surface area contributed by atoms with E-state index in [0.717, 1.165) is 19.4 Å². The topological polar surface area (TPSA) is 118 Å². The minimum absolute atomic E-state index is 0.299. The third-order valence-corrected chi connectivity index (χ3v) is 3.91. The number of benzene rings is 2. The molecule has 1 aromatic heterocycles. The lowest BCUT2D eigenvalue weighted by molar-refractivity contribution is -0.148. The molecule has 0 aliphatic rings. The average Bonchev–Trinajstić information content (AvgIpc) is 3.27. The summed E-state index contributed by atoms with van der Waals surface area (Å²) in [7, 11) is 0. The lowest BCUT2D eigenvalue weighted by atomic mass is 10.2. The predicted molar refractivity (Wildman–Crippen MR) is 112 cm³/mol. The lowest BCUT2D eigenvalue weighted by Gasteiger charge is -2.03. The van der Waals surface area contributed by atoms with E-state index in [4.69, 9.17) is 13.9 Å². The maximum atomic E-state index is 11.6. The Balaban J connectivity index is 1.62. The Hall–Kier alpha value is -4.53. The van der Waals surface area contributed by atoms with Crippen LogP contribution < -0.4 is 9.47 Å². The predicted octanol–water partition coefficient (Wildman–Crippen LogP) is 3.87. The summed E-state index contributed by atoms with van der Waals surface area (Å²) < 4.78 is 20.7. The standard InChI is InChI=1S/C23H18N2O7/c1-14(2)22(27)31-19-10-6-17(7-11-19)21-25-24-20(32-21)16-4-8-18(9-5-16)29-12-13-30-23(28)15(3)26/h4-13H,1H2,2-3H3/b13-12-. The summed E-state index contributed by atoms with van der Waals surface area (Å²) in [6.45, 7) is 6.21. The molecule has 0 unspecified atom stereocenters. The molecule has 0 amide bonds. The zero-order valence-electron chi connectivity index (χ0n) is 17.2. The molecular weight excluding hydrogens is 416 g/mol. The molecule has 0 aliphatic carbocycles. The number of nitrogens with zero attached hydrogens (tertiary/aromatic N) is 2. The Kier molecular flexibility index (Phi) is 6.92. The van der Waals surface area contributed by atoms with E-state index >= 15 is 0 Å². The number of aromatic nitrogens is 2. The molecule has 32 heavy (non-hydrogen) atoms. The van der Waals surface area contributed by atoms with Gasteiger partial charge in [-0.25, -0.2) is 9.59 Å². The maximum Gasteiger partial charge on any atom is 0.379 e. The summed E-state index contributed by atoms with van der Waals surface area (Å²) in [4.78, 5) is 33.3. The number of hydrogen-bond donors (Lipinski definition) is 0. The monoisotopic (exact) mass is 434 g/mol. The SMILES string of the molecule is C=C(C)C(=O)Oc1ccc(-c2nnc(-c3ccc(O/C=C\OC(=O)C(C)=O)cc3)o2)cc1. The van der Waals surface area contributed by atoms with Gasteiger partial charge in [-0.2, -0.15) is 0 Å². The van der Waals surface area contributed by atoms with Crippen LogP contribution in [0, 0.1) is 0 Å². The van der Waals surface area contributed by atoms with Crippen molar-refractivity contribution in [2.24, 2.45) is 0 Å². The van der Waals surface area contributed by atoms with Crippen molar-refractivity contribution < 1.29 is 33.0 Å². The molecule has 9 nitrogen and oxygen atoms in total. The first-order valence-corrected chi connectivity index (χ1v) is 9.29. The van der Waals surface area contributed by atoms with Crippen LogP contribution in [0.15, 0.2) is 77.6 Å². The van der Waals surface area contributed by atoms with Crippen molar-refractivity contribution in [3.8, 4) is 34.4 Å². The number of esters is 2. The van der Waals surface area contributed by atoms with Crippen molar-refractivity contribution in [3.05, 3.63) is 73.2 Å². The zero-order valence-corrected chi connectivity index (χ0v) is 17.2.